The molecule has 2 aromatic carbocycles. The number of phenolic OH excluding ortho intramolecular Hbond substituents is 1. The second-order valence-corrected chi connectivity index (χ2v) is 13.4. The standard InChI is InChI=1S/C33H34ClF2N3O4S/c1-33(2,3)43-32(42)38(4)22-8-10-23(11-9-22)39(18-21-16-19(7-14-26(21)40)20-6-5-15-37-17-20)31(41)30-28(34)27-24(35)12-13-25(36)29(27)44-30/h5-7,12-17,22-23,40H,8-11,18H2,1-4H3/t22-,23-. The molecule has 0 saturated heterocycles. The lowest BCUT2D eigenvalue weighted by Crippen LogP contribution is -2.47. The van der Waals surface area contributed by atoms with Gasteiger partial charge in [-0.15, -0.1) is 11.3 Å². The van der Waals surface area contributed by atoms with E-state index in [1.807, 2.05) is 32.9 Å². The molecule has 1 saturated carbocycles. The van der Waals surface area contributed by atoms with Crippen molar-refractivity contribution in [2.24, 2.45) is 0 Å². The molecular formula is C33H34ClF2N3O4S. The molecule has 2 heterocycles. The van der Waals surface area contributed by atoms with Gasteiger partial charge in [0.05, 0.1) is 15.1 Å². The maximum absolute atomic E-state index is 14.7. The lowest BCUT2D eigenvalue weighted by atomic mass is 9.89. The van der Waals surface area contributed by atoms with E-state index in [2.05, 4.69) is 4.98 Å². The molecule has 1 fully saturated rings. The topological polar surface area (TPSA) is 83.0 Å². The van der Waals surface area contributed by atoms with Crippen LogP contribution in [0.15, 0.2) is 54.9 Å². The Morgan fingerprint density at radius 1 is 1.05 bits per heavy atom. The number of fused-ring (bicyclic) bond motifs is 1. The Morgan fingerprint density at radius 3 is 2.36 bits per heavy atom. The van der Waals surface area contributed by atoms with Gasteiger partial charge >= 0.3 is 6.09 Å². The third kappa shape index (κ3) is 6.66. The minimum Gasteiger partial charge on any atom is -0.508 e. The van der Waals surface area contributed by atoms with Crippen LogP contribution in [0, 0.1) is 11.6 Å². The Bertz CT molecular complexity index is 1680. The van der Waals surface area contributed by atoms with Crippen molar-refractivity contribution >= 4 is 45.0 Å². The number of nitrogens with zero attached hydrogens (tertiary/aromatic N) is 3. The Morgan fingerprint density at radius 2 is 1.73 bits per heavy atom. The molecule has 0 atom stereocenters. The summed E-state index contributed by atoms with van der Waals surface area (Å²) in [5.74, 6) is -1.84. The predicted octanol–water partition coefficient (Wildman–Crippen LogP) is 8.42. The van der Waals surface area contributed by atoms with Gasteiger partial charge in [0.2, 0.25) is 0 Å². The summed E-state index contributed by atoms with van der Waals surface area (Å²) in [6, 6.07) is 10.5. The monoisotopic (exact) mass is 641 g/mol. The van der Waals surface area contributed by atoms with Crippen molar-refractivity contribution in [1.29, 1.82) is 0 Å². The van der Waals surface area contributed by atoms with Crippen molar-refractivity contribution in [3.8, 4) is 16.9 Å². The van der Waals surface area contributed by atoms with Gasteiger partial charge in [0.1, 0.15) is 27.9 Å². The van der Waals surface area contributed by atoms with Crippen molar-refractivity contribution in [3.05, 3.63) is 82.0 Å². The number of amides is 2. The summed E-state index contributed by atoms with van der Waals surface area (Å²) in [4.78, 5) is 34.4. The van der Waals surface area contributed by atoms with Gasteiger partial charge in [-0.3, -0.25) is 9.78 Å². The summed E-state index contributed by atoms with van der Waals surface area (Å²) < 4.78 is 34.9. The van der Waals surface area contributed by atoms with Crippen LogP contribution in [0.25, 0.3) is 21.2 Å². The highest BCUT2D eigenvalue weighted by Gasteiger charge is 2.35. The van der Waals surface area contributed by atoms with Gasteiger partial charge in [-0.2, -0.15) is 0 Å². The smallest absolute Gasteiger partial charge is 0.410 e. The number of hydrogen-bond donors (Lipinski definition) is 1. The Hall–Kier alpha value is -3.76. The van der Waals surface area contributed by atoms with E-state index in [0.717, 1.165) is 34.6 Å². The summed E-state index contributed by atoms with van der Waals surface area (Å²) in [6.07, 6.45) is 5.29. The largest absolute Gasteiger partial charge is 0.508 e. The molecule has 5 rings (SSSR count). The van der Waals surface area contributed by atoms with Crippen LogP contribution in [-0.2, 0) is 11.3 Å². The van der Waals surface area contributed by atoms with Crippen molar-refractivity contribution in [3.63, 3.8) is 0 Å². The van der Waals surface area contributed by atoms with E-state index in [9.17, 15) is 23.5 Å². The molecule has 4 aromatic rings. The molecule has 1 N–H and O–H groups in total. The summed E-state index contributed by atoms with van der Waals surface area (Å²) in [5.41, 5.74) is 1.53. The highest BCUT2D eigenvalue weighted by atomic mass is 35.5. The first-order valence-electron chi connectivity index (χ1n) is 14.4. The molecule has 44 heavy (non-hydrogen) atoms. The fourth-order valence-electron chi connectivity index (χ4n) is 5.58. The summed E-state index contributed by atoms with van der Waals surface area (Å²) in [5, 5.41) is 10.6. The number of rotatable bonds is 6. The van der Waals surface area contributed by atoms with Crippen LogP contribution < -0.4 is 0 Å². The number of phenols is 1. The molecule has 0 unspecified atom stereocenters. The third-order valence-corrected chi connectivity index (χ3v) is 9.56. The van der Waals surface area contributed by atoms with E-state index in [-0.39, 0.29) is 44.4 Å². The fraction of sp³-hybridized carbons (Fsp3) is 0.364. The first-order valence-corrected chi connectivity index (χ1v) is 15.6. The van der Waals surface area contributed by atoms with E-state index in [1.54, 1.807) is 47.4 Å². The molecular weight excluding hydrogens is 608 g/mol. The van der Waals surface area contributed by atoms with Crippen LogP contribution in [0.3, 0.4) is 0 Å². The molecule has 7 nitrogen and oxygen atoms in total. The first kappa shape index (κ1) is 31.7. The number of carbonyl (C=O) groups excluding carboxylic acids is 2. The average molecular weight is 642 g/mol. The van der Waals surface area contributed by atoms with Crippen LogP contribution in [0.5, 0.6) is 5.75 Å². The molecule has 0 bridgehead atoms. The molecule has 1 aliphatic rings. The lowest BCUT2D eigenvalue weighted by Gasteiger charge is -2.40. The summed E-state index contributed by atoms with van der Waals surface area (Å²) in [6.45, 7) is 5.48. The van der Waals surface area contributed by atoms with E-state index < -0.39 is 29.2 Å². The van der Waals surface area contributed by atoms with Crippen molar-refractivity contribution < 1.29 is 28.2 Å². The van der Waals surface area contributed by atoms with Crippen molar-refractivity contribution in [2.45, 2.75) is 70.7 Å². The van der Waals surface area contributed by atoms with Crippen LogP contribution in [-0.4, -0.2) is 56.6 Å². The molecule has 0 spiro atoms. The van der Waals surface area contributed by atoms with Crippen LogP contribution in [0.4, 0.5) is 13.6 Å². The zero-order chi connectivity index (χ0) is 31.8. The van der Waals surface area contributed by atoms with Gasteiger partial charge in [0.15, 0.2) is 0 Å². The second-order valence-electron chi connectivity index (χ2n) is 12.1. The van der Waals surface area contributed by atoms with E-state index in [4.69, 9.17) is 16.3 Å². The zero-order valence-electron chi connectivity index (χ0n) is 24.9. The number of carbonyl (C=O) groups is 2. The number of aromatic nitrogens is 1. The Balaban J connectivity index is 1.47. The first-order chi connectivity index (χ1) is 20.8. The molecule has 0 radical (unpaired) electrons. The number of benzene rings is 2. The molecule has 232 valence electrons. The number of halogens is 3. The SMILES string of the molecule is CN(C(=O)OC(C)(C)C)[C@H]1CC[C@H](N(Cc2cc(-c3cccnc3)ccc2O)C(=O)c2sc3c(F)ccc(F)c3c2Cl)CC1. The maximum Gasteiger partial charge on any atom is 0.410 e. The second kappa shape index (κ2) is 12.7. The number of pyridine rings is 1. The van der Waals surface area contributed by atoms with Crippen LogP contribution in [0.2, 0.25) is 5.02 Å². The van der Waals surface area contributed by atoms with Crippen LogP contribution in [0.1, 0.15) is 61.7 Å². The van der Waals surface area contributed by atoms with E-state index >= 15 is 0 Å². The summed E-state index contributed by atoms with van der Waals surface area (Å²) in [7, 11) is 1.71. The number of thiophene rings is 1. The minimum absolute atomic E-state index is 0.00770. The van der Waals surface area contributed by atoms with Crippen LogP contribution >= 0.6 is 22.9 Å². The highest BCUT2D eigenvalue weighted by molar-refractivity contribution is 7.21. The number of hydrogen-bond acceptors (Lipinski definition) is 6. The lowest BCUT2D eigenvalue weighted by molar-refractivity contribution is 0.0144. The Kier molecular flexibility index (Phi) is 9.13. The fourth-order valence-corrected chi connectivity index (χ4v) is 7.09. The third-order valence-electron chi connectivity index (χ3n) is 7.89. The predicted molar refractivity (Wildman–Crippen MR) is 168 cm³/mol. The van der Waals surface area contributed by atoms with Gasteiger partial charge in [0.25, 0.3) is 5.91 Å². The van der Waals surface area contributed by atoms with Gasteiger partial charge in [-0.05, 0) is 82.3 Å². The van der Waals surface area contributed by atoms with Gasteiger partial charge in [0, 0.05) is 49.2 Å². The van der Waals surface area contributed by atoms with Crippen molar-refractivity contribution in [1.82, 2.24) is 14.8 Å². The number of aromatic hydroxyl groups is 1. The quantitative estimate of drug-likeness (QED) is 0.229. The molecule has 1 aliphatic carbocycles. The van der Waals surface area contributed by atoms with Gasteiger partial charge < -0.3 is 19.6 Å². The molecule has 0 aliphatic heterocycles. The van der Waals surface area contributed by atoms with Gasteiger partial charge in [-0.25, -0.2) is 13.6 Å². The zero-order valence-corrected chi connectivity index (χ0v) is 26.5. The molecule has 2 amide bonds. The Labute approximate surface area is 264 Å². The minimum atomic E-state index is -0.708. The molecule has 11 heteroatoms. The normalized spacial score (nSPS) is 17.0. The molecule has 2 aromatic heterocycles. The number of ether oxygens (including phenoxy) is 1. The van der Waals surface area contributed by atoms with E-state index in [0.29, 0.717) is 31.2 Å². The van der Waals surface area contributed by atoms with E-state index in [1.165, 1.54) is 0 Å². The average Bonchev–Trinajstić information content (AvgIpc) is 3.36. The maximum atomic E-state index is 14.7. The highest BCUT2D eigenvalue weighted by Crippen LogP contribution is 2.41. The van der Waals surface area contributed by atoms with Gasteiger partial charge in [-0.1, -0.05) is 23.7 Å². The van der Waals surface area contributed by atoms with Crippen molar-refractivity contribution in [2.75, 3.05) is 7.05 Å². The summed E-state index contributed by atoms with van der Waals surface area (Å²) >= 11 is 7.36.